The molecular weight excluding hydrogens is 485 g/mol. The van der Waals surface area contributed by atoms with E-state index in [4.69, 9.17) is 22.1 Å². The second kappa shape index (κ2) is 7.45. The molecule has 0 saturated carbocycles. The number of nitrogens with zero attached hydrogens (tertiary/aromatic N) is 5. The van der Waals surface area contributed by atoms with Gasteiger partial charge in [-0.2, -0.15) is 13.2 Å². The number of hydrogen-bond acceptors (Lipinski definition) is 6. The van der Waals surface area contributed by atoms with E-state index in [9.17, 15) is 18.0 Å². The first-order chi connectivity index (χ1) is 16.6. The molecule has 0 radical (unpaired) electrons. The molecule has 2 aliphatic rings. The zero-order valence-electron chi connectivity index (χ0n) is 18.3. The minimum atomic E-state index is -4.59. The van der Waals surface area contributed by atoms with Crippen LogP contribution < -0.4 is 10.5 Å². The first-order valence-electron chi connectivity index (χ1n) is 10.9. The van der Waals surface area contributed by atoms with E-state index >= 15 is 0 Å². The van der Waals surface area contributed by atoms with Crippen molar-refractivity contribution in [1.29, 1.82) is 0 Å². The third kappa shape index (κ3) is 3.28. The predicted molar refractivity (Wildman–Crippen MR) is 121 cm³/mol. The van der Waals surface area contributed by atoms with E-state index in [-0.39, 0.29) is 28.2 Å². The number of carbonyl (C=O) groups is 1. The van der Waals surface area contributed by atoms with Gasteiger partial charge in [0.2, 0.25) is 5.88 Å². The number of nitrogen functional groups attached to an aromatic ring is 1. The van der Waals surface area contributed by atoms with E-state index in [0.717, 1.165) is 6.07 Å². The summed E-state index contributed by atoms with van der Waals surface area (Å²) in [6.45, 7) is 2.21. The lowest BCUT2D eigenvalue weighted by Gasteiger charge is -2.36. The molecule has 2 aliphatic heterocycles. The molecule has 1 unspecified atom stereocenters. The lowest BCUT2D eigenvalue weighted by atomic mass is 9.94. The maximum absolute atomic E-state index is 13.8. The topological polar surface area (TPSA) is 98.6 Å². The third-order valence-corrected chi connectivity index (χ3v) is 6.89. The van der Waals surface area contributed by atoms with Gasteiger partial charge in [-0.25, -0.2) is 15.0 Å². The molecular formula is C23H18ClF3N6O2. The number of hydrogen-bond donors (Lipinski definition) is 1. The lowest BCUT2D eigenvalue weighted by molar-refractivity contribution is -0.141. The fourth-order valence-electron chi connectivity index (χ4n) is 5.01. The van der Waals surface area contributed by atoms with Crippen LogP contribution in [-0.4, -0.2) is 42.8 Å². The highest BCUT2D eigenvalue weighted by Gasteiger charge is 2.45. The number of halogens is 4. The Morgan fingerprint density at radius 2 is 2.03 bits per heavy atom. The summed E-state index contributed by atoms with van der Waals surface area (Å²) in [5, 5.41) is 0.193. The number of likely N-dealkylation sites (tertiary alicyclic amines) is 1. The smallest absolute Gasteiger partial charge is 0.433 e. The Labute approximate surface area is 201 Å². The number of aryl methyl sites for hydroxylation is 1. The van der Waals surface area contributed by atoms with Crippen LogP contribution in [0.25, 0.3) is 16.6 Å². The number of anilines is 1. The highest BCUT2D eigenvalue weighted by Crippen LogP contribution is 2.45. The second-order valence-electron chi connectivity index (χ2n) is 8.67. The average Bonchev–Trinajstić information content (AvgIpc) is 3.38. The van der Waals surface area contributed by atoms with Crippen LogP contribution in [0.4, 0.5) is 19.0 Å². The summed E-state index contributed by atoms with van der Waals surface area (Å²) in [4.78, 5) is 27.8. The number of carbonyl (C=O) groups excluding carboxylic acids is 1. The number of benzene rings is 1. The van der Waals surface area contributed by atoms with Gasteiger partial charge in [-0.15, -0.1) is 0 Å². The van der Waals surface area contributed by atoms with Gasteiger partial charge >= 0.3 is 6.18 Å². The highest BCUT2D eigenvalue weighted by atomic mass is 35.5. The summed E-state index contributed by atoms with van der Waals surface area (Å²) in [6.07, 6.45) is -2.25. The number of ether oxygens (including phenoxy) is 1. The fraction of sp³-hybridized carbons (Fsp3) is 0.304. The summed E-state index contributed by atoms with van der Waals surface area (Å²) in [5.41, 5.74) is 7.46. The number of rotatable bonds is 1. The number of imidazole rings is 1. The van der Waals surface area contributed by atoms with Crippen LogP contribution in [0.1, 0.15) is 46.3 Å². The molecule has 4 aromatic rings. The van der Waals surface area contributed by atoms with Gasteiger partial charge in [0.05, 0.1) is 33.9 Å². The monoisotopic (exact) mass is 502 g/mol. The van der Waals surface area contributed by atoms with Crippen molar-refractivity contribution in [3.63, 3.8) is 0 Å². The van der Waals surface area contributed by atoms with Gasteiger partial charge in [-0.1, -0.05) is 11.6 Å². The van der Waals surface area contributed by atoms with Crippen LogP contribution in [0, 0.1) is 6.92 Å². The van der Waals surface area contributed by atoms with Crippen molar-refractivity contribution in [3.05, 3.63) is 58.1 Å². The molecule has 180 valence electrons. The fourth-order valence-corrected chi connectivity index (χ4v) is 5.25. The molecule has 8 nitrogen and oxygen atoms in total. The largest absolute Gasteiger partial charge is 0.472 e. The number of pyridine rings is 1. The van der Waals surface area contributed by atoms with Crippen LogP contribution in [0.5, 0.6) is 5.88 Å². The SMILES string of the molecule is Cc1ncc2c(N)nc3cc(Cl)c(C(=O)N4CCCC5Oc6nc(C(F)(F)F)ccc6[C@@H]54)cc3n12. The molecule has 1 saturated heterocycles. The molecule has 1 aromatic carbocycles. The molecule has 0 spiro atoms. The Morgan fingerprint density at radius 3 is 2.80 bits per heavy atom. The summed E-state index contributed by atoms with van der Waals surface area (Å²) in [7, 11) is 0. The Kier molecular flexibility index (Phi) is 4.66. The Morgan fingerprint density at radius 1 is 1.23 bits per heavy atom. The zero-order chi connectivity index (χ0) is 24.6. The molecule has 3 aromatic heterocycles. The summed E-state index contributed by atoms with van der Waals surface area (Å²) >= 11 is 6.53. The van der Waals surface area contributed by atoms with E-state index in [0.29, 0.717) is 47.3 Å². The van der Waals surface area contributed by atoms with Gasteiger partial charge in [-0.05, 0) is 44.0 Å². The van der Waals surface area contributed by atoms with Crippen LogP contribution in [0.15, 0.2) is 30.5 Å². The first-order valence-corrected chi connectivity index (χ1v) is 11.3. The van der Waals surface area contributed by atoms with Gasteiger partial charge in [0, 0.05) is 12.1 Å². The Bertz CT molecular complexity index is 1540. The van der Waals surface area contributed by atoms with Crippen LogP contribution in [0.2, 0.25) is 5.02 Å². The number of nitrogens with two attached hydrogens (primary N) is 1. The van der Waals surface area contributed by atoms with Crippen molar-refractivity contribution in [2.24, 2.45) is 0 Å². The molecule has 35 heavy (non-hydrogen) atoms. The van der Waals surface area contributed by atoms with Gasteiger partial charge in [0.25, 0.3) is 5.91 Å². The normalized spacial score (nSPS) is 19.6. The van der Waals surface area contributed by atoms with Gasteiger partial charge < -0.3 is 15.4 Å². The van der Waals surface area contributed by atoms with E-state index in [1.165, 1.54) is 6.07 Å². The second-order valence-corrected chi connectivity index (χ2v) is 9.08. The molecule has 1 fully saturated rings. The van der Waals surface area contributed by atoms with Crippen molar-refractivity contribution in [2.45, 2.75) is 38.1 Å². The van der Waals surface area contributed by atoms with Crippen LogP contribution >= 0.6 is 11.6 Å². The van der Waals surface area contributed by atoms with Crippen molar-refractivity contribution >= 4 is 39.9 Å². The number of alkyl halides is 3. The number of piperidine rings is 1. The zero-order valence-corrected chi connectivity index (χ0v) is 19.1. The molecule has 6 rings (SSSR count). The van der Waals surface area contributed by atoms with Gasteiger partial charge in [-0.3, -0.25) is 9.20 Å². The third-order valence-electron chi connectivity index (χ3n) is 6.58. The van der Waals surface area contributed by atoms with E-state index in [2.05, 4.69) is 15.0 Å². The molecule has 0 aliphatic carbocycles. The standard InChI is InChI=1S/C23H18ClF3N6O2/c1-10-29-9-16-20(28)30-14-8-13(24)12(7-15(14)33(10)16)22(34)32-6-2-3-17-19(32)11-4-5-18(23(25,26)27)31-21(11)35-17/h4-5,7-9,17,19H,2-3,6H2,1H3,(H2,28,30)/t17?,19-/m0/s1. The first kappa shape index (κ1) is 21.9. The van der Waals surface area contributed by atoms with Crippen LogP contribution in [-0.2, 0) is 6.18 Å². The summed E-state index contributed by atoms with van der Waals surface area (Å²) in [6, 6.07) is 4.93. The van der Waals surface area contributed by atoms with Crippen molar-refractivity contribution in [1.82, 2.24) is 24.3 Å². The molecule has 2 atom stereocenters. The summed E-state index contributed by atoms with van der Waals surface area (Å²) in [5.74, 6) is 0.514. The van der Waals surface area contributed by atoms with Gasteiger partial charge in [0.15, 0.2) is 0 Å². The van der Waals surface area contributed by atoms with Crippen LogP contribution in [0.3, 0.4) is 0 Å². The average molecular weight is 503 g/mol. The highest BCUT2D eigenvalue weighted by molar-refractivity contribution is 6.34. The Balaban J connectivity index is 1.44. The van der Waals surface area contributed by atoms with E-state index in [1.54, 1.807) is 27.6 Å². The quantitative estimate of drug-likeness (QED) is 0.409. The van der Waals surface area contributed by atoms with Gasteiger partial charge in [0.1, 0.15) is 29.0 Å². The van der Waals surface area contributed by atoms with Crippen molar-refractivity contribution in [2.75, 3.05) is 12.3 Å². The lowest BCUT2D eigenvalue weighted by Crippen LogP contribution is -2.44. The molecule has 5 heterocycles. The maximum Gasteiger partial charge on any atom is 0.433 e. The van der Waals surface area contributed by atoms with E-state index in [1.807, 2.05) is 6.92 Å². The minimum absolute atomic E-state index is 0.0884. The minimum Gasteiger partial charge on any atom is -0.472 e. The van der Waals surface area contributed by atoms with Crippen molar-refractivity contribution in [3.8, 4) is 5.88 Å². The maximum atomic E-state index is 13.8. The molecule has 2 N–H and O–H groups in total. The number of fused-ring (bicyclic) bond motifs is 6. The molecule has 1 amide bonds. The molecule has 0 bridgehead atoms. The van der Waals surface area contributed by atoms with E-state index < -0.39 is 24.0 Å². The predicted octanol–water partition coefficient (Wildman–Crippen LogP) is 4.58. The van der Waals surface area contributed by atoms with Crippen molar-refractivity contribution < 1.29 is 22.7 Å². The number of amides is 1. The summed E-state index contributed by atoms with van der Waals surface area (Å²) < 4.78 is 47.0. The number of aromatic nitrogens is 4. The molecule has 12 heteroatoms. The Hall–Kier alpha value is -3.60.